The Kier molecular flexibility index (Phi) is 7.71. The van der Waals surface area contributed by atoms with E-state index in [1.54, 1.807) is 0 Å². The van der Waals surface area contributed by atoms with E-state index in [0.29, 0.717) is 11.8 Å². The Balaban J connectivity index is 0.000000130. The molecule has 2 aliphatic heterocycles. The summed E-state index contributed by atoms with van der Waals surface area (Å²) >= 11 is 0. The Morgan fingerprint density at radius 3 is 2.23 bits per heavy atom. The van der Waals surface area contributed by atoms with Gasteiger partial charge in [-0.2, -0.15) is 6.42 Å². The Hall–Kier alpha value is -0.970. The fourth-order valence-corrected chi connectivity index (χ4v) is 6.21. The van der Waals surface area contributed by atoms with Crippen molar-refractivity contribution in [2.45, 2.75) is 57.5 Å². The lowest BCUT2D eigenvalue weighted by molar-refractivity contribution is -0.108. The SMILES string of the molecule is O=CCC1CC2C=CC1C2.[3H]OC(CC1CC2C=CC1C2)C1CCOC1.[CH-]1CCOC1. The maximum absolute atomic E-state index is 10.2. The Labute approximate surface area is 183 Å². The number of aliphatic hydroxyl groups is 1. The van der Waals surface area contributed by atoms with E-state index in [1.165, 1.54) is 25.7 Å². The summed E-state index contributed by atoms with van der Waals surface area (Å²) in [6, 6.07) is 0. The summed E-state index contributed by atoms with van der Waals surface area (Å²) in [4.78, 5) is 10.2. The molecule has 0 aromatic carbocycles. The van der Waals surface area contributed by atoms with Gasteiger partial charge >= 0.3 is 0 Å². The van der Waals surface area contributed by atoms with Crippen molar-refractivity contribution < 1.29 is 19.4 Å². The van der Waals surface area contributed by atoms with Gasteiger partial charge in [-0.1, -0.05) is 30.9 Å². The number of carbonyl (C=O) groups is 1. The molecule has 4 aliphatic carbocycles. The third-order valence-electron chi connectivity index (χ3n) is 7.96. The van der Waals surface area contributed by atoms with Crippen LogP contribution in [0.1, 0.15) is 51.4 Å². The molecular formula is C26H39O4-. The summed E-state index contributed by atoms with van der Waals surface area (Å²) < 4.78 is 17.5. The van der Waals surface area contributed by atoms with Crippen LogP contribution in [0, 0.1) is 47.8 Å². The summed E-state index contributed by atoms with van der Waals surface area (Å²) in [5.41, 5.74) is 0. The highest BCUT2D eigenvalue weighted by atomic mass is 16.5. The van der Waals surface area contributed by atoms with Crippen molar-refractivity contribution in [3.05, 3.63) is 30.7 Å². The van der Waals surface area contributed by atoms with Crippen molar-refractivity contribution in [1.82, 2.24) is 0 Å². The van der Waals surface area contributed by atoms with Gasteiger partial charge in [0.15, 0.2) is 0 Å². The summed E-state index contributed by atoms with van der Waals surface area (Å²) in [6.07, 6.45) is 22.0. The molecule has 8 unspecified atom stereocenters. The van der Waals surface area contributed by atoms with Crippen molar-refractivity contribution in [2.75, 3.05) is 26.4 Å². The zero-order valence-corrected chi connectivity index (χ0v) is 18.2. The third kappa shape index (κ3) is 5.83. The fraction of sp³-hybridized carbons (Fsp3) is 0.769. The van der Waals surface area contributed by atoms with Crippen molar-refractivity contribution in [1.29, 1.82) is 1.43 Å². The molecule has 30 heavy (non-hydrogen) atoms. The van der Waals surface area contributed by atoms with E-state index >= 15 is 0 Å². The summed E-state index contributed by atoms with van der Waals surface area (Å²) in [5, 5.41) is 4.95. The highest BCUT2D eigenvalue weighted by Crippen LogP contribution is 2.46. The number of hydrogen-bond acceptors (Lipinski definition) is 4. The number of hydrogen-bond donors (Lipinski definition) is 1. The number of fused-ring (bicyclic) bond motifs is 4. The van der Waals surface area contributed by atoms with Crippen LogP contribution in [0.5, 0.6) is 0 Å². The lowest BCUT2D eigenvalue weighted by atomic mass is 9.85. The molecule has 2 saturated carbocycles. The van der Waals surface area contributed by atoms with Gasteiger partial charge in [-0.25, -0.2) is 0 Å². The highest BCUT2D eigenvalue weighted by molar-refractivity contribution is 5.50. The first-order valence-electron chi connectivity index (χ1n) is 12.6. The van der Waals surface area contributed by atoms with E-state index in [0.717, 1.165) is 88.0 Å². The van der Waals surface area contributed by atoms with Crippen molar-refractivity contribution in [2.24, 2.45) is 41.4 Å². The molecule has 0 aromatic heterocycles. The van der Waals surface area contributed by atoms with Crippen molar-refractivity contribution in [3.63, 3.8) is 0 Å². The smallest absolute Gasteiger partial charge is 0.210 e. The zero-order chi connectivity index (χ0) is 21.5. The van der Waals surface area contributed by atoms with Gasteiger partial charge in [0, 0.05) is 25.6 Å². The van der Waals surface area contributed by atoms with Crippen LogP contribution in [0.2, 0.25) is 0 Å². The first-order chi connectivity index (χ1) is 15.3. The predicted octanol–water partition coefficient (Wildman–Crippen LogP) is 4.38. The molecule has 2 heterocycles. The Morgan fingerprint density at radius 2 is 1.80 bits per heavy atom. The maximum Gasteiger partial charge on any atom is 0.210 e. The second-order valence-electron chi connectivity index (χ2n) is 10.0. The lowest BCUT2D eigenvalue weighted by Gasteiger charge is -2.24. The number of aldehydes is 1. The number of ether oxygens (including phenoxy) is 2. The average Bonchev–Trinajstić information content (AvgIpc) is 3.64. The minimum absolute atomic E-state index is 0.0975. The molecule has 0 aromatic rings. The third-order valence-corrected chi connectivity index (χ3v) is 7.96. The van der Waals surface area contributed by atoms with E-state index in [-0.39, 0.29) is 6.10 Å². The van der Waals surface area contributed by atoms with Crippen LogP contribution in [-0.2, 0) is 14.3 Å². The summed E-state index contributed by atoms with van der Waals surface area (Å²) in [7, 11) is 0. The van der Waals surface area contributed by atoms with Crippen LogP contribution < -0.4 is 0 Å². The second kappa shape index (κ2) is 11.1. The van der Waals surface area contributed by atoms with Gasteiger partial charge in [-0.3, -0.25) is 0 Å². The van der Waals surface area contributed by atoms with Crippen LogP contribution in [-0.4, -0.2) is 45.4 Å². The first kappa shape index (κ1) is 20.9. The Morgan fingerprint density at radius 1 is 1.03 bits per heavy atom. The van der Waals surface area contributed by atoms with E-state index in [1.807, 2.05) is 0 Å². The number of carbonyl (C=O) groups excluding carboxylic acids is 1. The first-order valence-corrected chi connectivity index (χ1v) is 12.2. The van der Waals surface area contributed by atoms with Gasteiger partial charge in [0.05, 0.1) is 12.7 Å². The molecule has 8 atom stereocenters. The minimum atomic E-state index is 0.0975. The molecule has 4 fully saturated rings. The second-order valence-corrected chi connectivity index (χ2v) is 10.0. The van der Waals surface area contributed by atoms with E-state index in [9.17, 15) is 4.79 Å². The monoisotopic (exact) mass is 417 g/mol. The van der Waals surface area contributed by atoms with E-state index in [4.69, 9.17) is 16.0 Å². The summed E-state index contributed by atoms with van der Waals surface area (Å²) in [6.45, 7) is 3.46. The molecule has 0 radical (unpaired) electrons. The van der Waals surface area contributed by atoms with Gasteiger partial charge in [-0.05, 0) is 74.0 Å². The standard InChI is InChI=1S/C13H20O2.C9H12O.C4H7O/c14-13(11-3-4-15-8-11)7-12-6-9-1-2-10(12)5-9;10-4-3-9-6-7-1-2-8(9)5-7;1-2-4-5-3-1/h1-2,9-14H,3-8H2;1-2,4,7-9H,3,5-6H2;1H,2-4H2/q;;-1/i14T;;. The molecule has 6 rings (SSSR count). The van der Waals surface area contributed by atoms with Crippen molar-refractivity contribution in [3.8, 4) is 0 Å². The predicted molar refractivity (Wildman–Crippen MR) is 118 cm³/mol. The molecule has 4 heteroatoms. The molecule has 6 aliphatic rings. The lowest BCUT2D eigenvalue weighted by Crippen LogP contribution is -2.25. The average molecular weight is 418 g/mol. The molecule has 2 saturated heterocycles. The molecular weight excluding hydrogens is 376 g/mol. The molecule has 1 N–H and O–H groups in total. The van der Waals surface area contributed by atoms with Crippen molar-refractivity contribution >= 4 is 6.29 Å². The molecule has 4 bridgehead atoms. The van der Waals surface area contributed by atoms with Crippen LogP contribution in [0.3, 0.4) is 0 Å². The van der Waals surface area contributed by atoms with Gasteiger partial charge in [0.1, 0.15) is 6.29 Å². The quantitative estimate of drug-likeness (QED) is 0.396. The zero-order valence-electron chi connectivity index (χ0n) is 19.2. The van der Waals surface area contributed by atoms with E-state index in [2.05, 4.69) is 30.7 Å². The largest absolute Gasteiger partial charge is 0.416 e. The minimum Gasteiger partial charge on any atom is -0.416 e. The van der Waals surface area contributed by atoms with Crippen LogP contribution in [0.4, 0.5) is 0 Å². The van der Waals surface area contributed by atoms with E-state index < -0.39 is 0 Å². The van der Waals surface area contributed by atoms with Crippen LogP contribution in [0.15, 0.2) is 24.3 Å². The summed E-state index contributed by atoms with van der Waals surface area (Å²) in [5.74, 6) is 5.05. The van der Waals surface area contributed by atoms with Crippen LogP contribution >= 0.6 is 0 Å². The topological polar surface area (TPSA) is 55.8 Å². The van der Waals surface area contributed by atoms with Gasteiger partial charge in [0.2, 0.25) is 1.43 Å². The number of rotatable bonds is 6. The fourth-order valence-electron chi connectivity index (χ4n) is 6.21. The van der Waals surface area contributed by atoms with Crippen LogP contribution in [0.25, 0.3) is 0 Å². The molecule has 0 spiro atoms. The molecule has 168 valence electrons. The molecule has 4 nitrogen and oxygen atoms in total. The maximum atomic E-state index is 10.2. The van der Waals surface area contributed by atoms with Gasteiger partial charge < -0.3 is 25.8 Å². The Bertz CT molecular complexity index is 603. The van der Waals surface area contributed by atoms with Gasteiger partial charge in [0.25, 0.3) is 0 Å². The normalized spacial score (nSPS) is 41.2. The highest BCUT2D eigenvalue weighted by Gasteiger charge is 2.38. The number of aliphatic hydroxyl groups excluding tert-OH is 1. The molecule has 0 amide bonds. The number of allylic oxidation sites excluding steroid dienone is 4. The van der Waals surface area contributed by atoms with Gasteiger partial charge in [-0.15, -0.1) is 0 Å².